The Morgan fingerprint density at radius 2 is 2.00 bits per heavy atom. The van der Waals surface area contributed by atoms with Gasteiger partial charge in [0, 0.05) is 19.0 Å². The molecular weight excluding hydrogens is 384 g/mol. The minimum absolute atomic E-state index is 0.194. The van der Waals surface area contributed by atoms with E-state index in [1.54, 1.807) is 7.11 Å². The zero-order valence-corrected chi connectivity index (χ0v) is 16.8. The Morgan fingerprint density at radius 1 is 1.17 bits per heavy atom. The van der Waals surface area contributed by atoms with Crippen LogP contribution >= 0.6 is 0 Å². The van der Waals surface area contributed by atoms with Crippen molar-refractivity contribution in [2.24, 2.45) is 0 Å². The number of hydrogen-bond acceptors (Lipinski definition) is 6. The molecule has 0 spiro atoms. The maximum Gasteiger partial charge on any atom is 0.348 e. The van der Waals surface area contributed by atoms with Gasteiger partial charge in [0.05, 0.1) is 12.8 Å². The Labute approximate surface area is 174 Å². The van der Waals surface area contributed by atoms with Gasteiger partial charge in [-0.05, 0) is 61.3 Å². The third kappa shape index (κ3) is 3.66. The van der Waals surface area contributed by atoms with Gasteiger partial charge in [0.1, 0.15) is 11.6 Å². The molecule has 2 aliphatic heterocycles. The lowest BCUT2D eigenvalue weighted by molar-refractivity contribution is 0.173. The molecule has 0 bridgehead atoms. The standard InChI is InChI=1S/C22H24N4O4/c1-28-18-7-5-17(6-8-18)26-22(27)23-21(24-26)16-3-2-10-25(13-16)12-15-4-9-19-20(11-15)30-14-29-19/h4-9,11,16H,2-3,10,12-14H2,1H3,(H,23,24,27). The summed E-state index contributed by atoms with van der Waals surface area (Å²) in [6.45, 7) is 2.99. The summed E-state index contributed by atoms with van der Waals surface area (Å²) in [5, 5.41) is 4.59. The van der Waals surface area contributed by atoms with Crippen molar-refractivity contribution < 1.29 is 14.2 Å². The van der Waals surface area contributed by atoms with Gasteiger partial charge in [0.2, 0.25) is 6.79 Å². The van der Waals surface area contributed by atoms with Crippen molar-refractivity contribution in [2.75, 3.05) is 27.0 Å². The van der Waals surface area contributed by atoms with Gasteiger partial charge >= 0.3 is 5.69 Å². The van der Waals surface area contributed by atoms with E-state index < -0.39 is 0 Å². The number of rotatable bonds is 5. The molecule has 1 aromatic heterocycles. The van der Waals surface area contributed by atoms with E-state index in [4.69, 9.17) is 14.2 Å². The third-order valence-electron chi connectivity index (χ3n) is 5.69. The van der Waals surface area contributed by atoms with E-state index in [2.05, 4.69) is 21.0 Å². The number of ether oxygens (including phenoxy) is 3. The summed E-state index contributed by atoms with van der Waals surface area (Å²) in [7, 11) is 1.62. The van der Waals surface area contributed by atoms with Crippen molar-refractivity contribution in [3.63, 3.8) is 0 Å². The lowest BCUT2D eigenvalue weighted by Gasteiger charge is -2.31. The first kappa shape index (κ1) is 18.7. The molecule has 0 radical (unpaired) electrons. The van der Waals surface area contributed by atoms with Crippen LogP contribution < -0.4 is 19.9 Å². The molecular formula is C22H24N4O4. The number of methoxy groups -OCH3 is 1. The van der Waals surface area contributed by atoms with Gasteiger partial charge in [0.15, 0.2) is 11.5 Å². The highest BCUT2D eigenvalue weighted by Gasteiger charge is 2.25. The second-order valence-electron chi connectivity index (χ2n) is 7.69. The van der Waals surface area contributed by atoms with Gasteiger partial charge in [-0.15, -0.1) is 5.10 Å². The summed E-state index contributed by atoms with van der Waals surface area (Å²) < 4.78 is 17.5. The van der Waals surface area contributed by atoms with Gasteiger partial charge in [-0.2, -0.15) is 4.68 Å². The number of nitrogens with zero attached hydrogens (tertiary/aromatic N) is 3. The van der Waals surface area contributed by atoms with E-state index in [0.717, 1.165) is 61.2 Å². The Kier molecular flexibility index (Phi) is 4.92. The minimum Gasteiger partial charge on any atom is -0.497 e. The number of H-pyrrole nitrogens is 1. The smallest absolute Gasteiger partial charge is 0.348 e. The molecule has 5 rings (SSSR count). The largest absolute Gasteiger partial charge is 0.497 e. The molecule has 156 valence electrons. The molecule has 2 aliphatic rings. The highest BCUT2D eigenvalue weighted by atomic mass is 16.7. The Balaban J connectivity index is 1.30. The number of hydrogen-bond donors (Lipinski definition) is 1. The molecule has 1 N–H and O–H groups in total. The summed E-state index contributed by atoms with van der Waals surface area (Å²) >= 11 is 0. The van der Waals surface area contributed by atoms with E-state index in [9.17, 15) is 4.79 Å². The van der Waals surface area contributed by atoms with Crippen LogP contribution in [0.5, 0.6) is 17.2 Å². The average Bonchev–Trinajstić information content (AvgIpc) is 3.40. The van der Waals surface area contributed by atoms with Crippen molar-refractivity contribution in [3.8, 4) is 22.9 Å². The molecule has 30 heavy (non-hydrogen) atoms. The highest BCUT2D eigenvalue weighted by Crippen LogP contribution is 2.33. The van der Waals surface area contributed by atoms with Gasteiger partial charge in [0.25, 0.3) is 0 Å². The first-order valence-corrected chi connectivity index (χ1v) is 10.1. The fourth-order valence-corrected chi connectivity index (χ4v) is 4.14. The highest BCUT2D eigenvalue weighted by molar-refractivity contribution is 5.44. The molecule has 0 amide bonds. The normalized spacial score (nSPS) is 18.5. The maximum absolute atomic E-state index is 12.5. The average molecular weight is 408 g/mol. The molecule has 1 fully saturated rings. The van der Waals surface area contributed by atoms with E-state index in [-0.39, 0.29) is 18.4 Å². The van der Waals surface area contributed by atoms with E-state index >= 15 is 0 Å². The zero-order chi connectivity index (χ0) is 20.5. The molecule has 0 saturated carbocycles. The molecule has 1 atom stereocenters. The monoisotopic (exact) mass is 408 g/mol. The van der Waals surface area contributed by atoms with Crippen molar-refractivity contribution in [3.05, 3.63) is 64.3 Å². The van der Waals surface area contributed by atoms with Crippen molar-refractivity contribution in [1.82, 2.24) is 19.7 Å². The van der Waals surface area contributed by atoms with Crippen LogP contribution in [0.4, 0.5) is 0 Å². The van der Waals surface area contributed by atoms with Gasteiger partial charge in [-0.1, -0.05) is 6.07 Å². The second kappa shape index (κ2) is 7.87. The predicted molar refractivity (Wildman–Crippen MR) is 111 cm³/mol. The van der Waals surface area contributed by atoms with E-state index in [1.807, 2.05) is 36.4 Å². The van der Waals surface area contributed by atoms with Crippen LogP contribution in [-0.2, 0) is 6.54 Å². The molecule has 0 aliphatic carbocycles. The van der Waals surface area contributed by atoms with Crippen LogP contribution in [-0.4, -0.2) is 46.7 Å². The molecule has 2 aromatic carbocycles. The quantitative estimate of drug-likeness (QED) is 0.699. The Hall–Kier alpha value is -3.26. The number of nitrogens with one attached hydrogen (secondary N) is 1. The fraction of sp³-hybridized carbons (Fsp3) is 0.364. The molecule has 1 saturated heterocycles. The lowest BCUT2D eigenvalue weighted by Crippen LogP contribution is -2.34. The number of fused-ring (bicyclic) bond motifs is 1. The Bertz CT molecular complexity index is 1090. The summed E-state index contributed by atoms with van der Waals surface area (Å²) in [5.74, 6) is 3.29. The molecule has 3 heterocycles. The van der Waals surface area contributed by atoms with Crippen molar-refractivity contribution >= 4 is 0 Å². The minimum atomic E-state index is -0.219. The van der Waals surface area contributed by atoms with Crippen LogP contribution in [0.1, 0.15) is 30.1 Å². The third-order valence-corrected chi connectivity index (χ3v) is 5.69. The Morgan fingerprint density at radius 3 is 2.83 bits per heavy atom. The first-order valence-electron chi connectivity index (χ1n) is 10.1. The summed E-state index contributed by atoms with van der Waals surface area (Å²) in [6, 6.07) is 13.4. The number of benzene rings is 2. The fourth-order valence-electron chi connectivity index (χ4n) is 4.14. The molecule has 1 unspecified atom stereocenters. The van der Waals surface area contributed by atoms with Crippen LogP contribution in [0.3, 0.4) is 0 Å². The van der Waals surface area contributed by atoms with Crippen molar-refractivity contribution in [2.45, 2.75) is 25.3 Å². The summed E-state index contributed by atoms with van der Waals surface area (Å²) in [5.41, 5.74) is 1.69. The SMILES string of the molecule is COc1ccc(-n2nc(C3CCCN(Cc4ccc5c(c4)OCO5)C3)[nH]c2=O)cc1. The number of aromatic amines is 1. The van der Waals surface area contributed by atoms with Crippen LogP contribution in [0.2, 0.25) is 0 Å². The van der Waals surface area contributed by atoms with Gasteiger partial charge in [-0.3, -0.25) is 9.88 Å². The summed E-state index contributed by atoms with van der Waals surface area (Å²) in [4.78, 5) is 17.9. The topological polar surface area (TPSA) is 81.6 Å². The zero-order valence-electron chi connectivity index (χ0n) is 16.8. The van der Waals surface area contributed by atoms with Gasteiger partial charge < -0.3 is 14.2 Å². The molecule has 3 aromatic rings. The van der Waals surface area contributed by atoms with E-state index in [0.29, 0.717) is 0 Å². The van der Waals surface area contributed by atoms with Crippen molar-refractivity contribution in [1.29, 1.82) is 0 Å². The number of piperidine rings is 1. The molecule has 8 nitrogen and oxygen atoms in total. The van der Waals surface area contributed by atoms with Crippen LogP contribution in [0.25, 0.3) is 5.69 Å². The number of aromatic nitrogens is 3. The first-order chi connectivity index (χ1) is 14.7. The summed E-state index contributed by atoms with van der Waals surface area (Å²) in [6.07, 6.45) is 2.07. The van der Waals surface area contributed by atoms with E-state index in [1.165, 1.54) is 10.2 Å². The molecule has 8 heteroatoms. The van der Waals surface area contributed by atoms with Crippen LogP contribution in [0, 0.1) is 0 Å². The van der Waals surface area contributed by atoms with Crippen LogP contribution in [0.15, 0.2) is 47.3 Å². The lowest BCUT2D eigenvalue weighted by atomic mass is 9.97. The number of likely N-dealkylation sites (tertiary alicyclic amines) is 1. The second-order valence-corrected chi connectivity index (χ2v) is 7.69. The maximum atomic E-state index is 12.5. The van der Waals surface area contributed by atoms with Gasteiger partial charge in [-0.25, -0.2) is 4.79 Å². The predicted octanol–water partition coefficient (Wildman–Crippen LogP) is 2.68.